The largest absolute Gasteiger partial charge is 0.496 e. The fraction of sp³-hybridized carbons (Fsp3) is 0.600. The van der Waals surface area contributed by atoms with Gasteiger partial charge in [-0.05, 0) is 48.3 Å². The van der Waals surface area contributed by atoms with E-state index in [1.165, 1.54) is 5.56 Å². The molecule has 1 aliphatic carbocycles. The molecule has 2 atom stereocenters. The van der Waals surface area contributed by atoms with E-state index < -0.39 is 0 Å². The number of aliphatic hydroxyl groups is 1. The molecule has 2 heteroatoms. The van der Waals surface area contributed by atoms with Crippen molar-refractivity contribution in [2.24, 2.45) is 11.8 Å². The number of fused-ring (bicyclic) bond motifs is 1. The average Bonchev–Trinajstić information content (AvgIpc) is 2.49. The molecule has 2 rings (SSSR count). The molecule has 0 aliphatic heterocycles. The van der Waals surface area contributed by atoms with Crippen molar-refractivity contribution in [3.05, 3.63) is 29.3 Å². The summed E-state index contributed by atoms with van der Waals surface area (Å²) in [6, 6.07) is 5.99. The van der Waals surface area contributed by atoms with E-state index in [1.807, 2.05) is 18.2 Å². The van der Waals surface area contributed by atoms with Crippen LogP contribution in [0.15, 0.2) is 18.2 Å². The predicted molar refractivity (Wildman–Crippen MR) is 69.2 cm³/mol. The maximum Gasteiger partial charge on any atom is 0.122 e. The third kappa shape index (κ3) is 2.47. The van der Waals surface area contributed by atoms with E-state index in [0.29, 0.717) is 11.8 Å². The number of ether oxygens (including phenoxy) is 1. The van der Waals surface area contributed by atoms with E-state index in [4.69, 9.17) is 4.74 Å². The summed E-state index contributed by atoms with van der Waals surface area (Å²) in [5.41, 5.74) is 2.26. The Morgan fingerprint density at radius 1 is 1.35 bits per heavy atom. The van der Waals surface area contributed by atoms with Gasteiger partial charge in [-0.2, -0.15) is 0 Å². The van der Waals surface area contributed by atoms with Gasteiger partial charge < -0.3 is 9.84 Å². The lowest BCUT2D eigenvalue weighted by molar-refractivity contribution is 0.132. The van der Waals surface area contributed by atoms with Crippen molar-refractivity contribution >= 4 is 0 Å². The predicted octanol–water partition coefficient (Wildman–Crippen LogP) is 3.34. The van der Waals surface area contributed by atoms with Crippen molar-refractivity contribution in [1.29, 1.82) is 0 Å². The molecule has 1 N–H and O–H groups in total. The van der Waals surface area contributed by atoms with E-state index in [9.17, 15) is 5.11 Å². The van der Waals surface area contributed by atoms with Crippen molar-refractivity contribution < 1.29 is 9.84 Å². The molecule has 1 aromatic rings. The van der Waals surface area contributed by atoms with Gasteiger partial charge >= 0.3 is 0 Å². The summed E-state index contributed by atoms with van der Waals surface area (Å²) in [7, 11) is 1.70. The van der Waals surface area contributed by atoms with Gasteiger partial charge in [-0.15, -0.1) is 0 Å². The van der Waals surface area contributed by atoms with Crippen molar-refractivity contribution in [2.75, 3.05) is 7.11 Å². The minimum Gasteiger partial charge on any atom is -0.496 e. The number of aliphatic hydroxyl groups excluding tert-OH is 1. The minimum atomic E-state index is -0.338. The summed E-state index contributed by atoms with van der Waals surface area (Å²) < 4.78 is 5.40. The van der Waals surface area contributed by atoms with Gasteiger partial charge in [0.05, 0.1) is 13.2 Å². The Morgan fingerprint density at radius 2 is 2.12 bits per heavy atom. The first-order chi connectivity index (χ1) is 8.13. The molecule has 0 aromatic heterocycles. The maximum atomic E-state index is 10.3. The van der Waals surface area contributed by atoms with Crippen LogP contribution in [0.2, 0.25) is 0 Å². The molecule has 2 nitrogen and oxygen atoms in total. The van der Waals surface area contributed by atoms with Crippen LogP contribution in [-0.2, 0) is 6.42 Å². The van der Waals surface area contributed by atoms with Crippen LogP contribution in [0.5, 0.6) is 5.75 Å². The molecule has 1 aliphatic rings. The normalized spacial score (nSPS) is 24.3. The Balaban J connectivity index is 2.33. The summed E-state index contributed by atoms with van der Waals surface area (Å²) >= 11 is 0. The van der Waals surface area contributed by atoms with Gasteiger partial charge in [0.25, 0.3) is 0 Å². The van der Waals surface area contributed by atoms with E-state index in [0.717, 1.165) is 30.6 Å². The molecule has 0 bridgehead atoms. The van der Waals surface area contributed by atoms with Gasteiger partial charge in [-0.25, -0.2) is 0 Å². The van der Waals surface area contributed by atoms with Crippen LogP contribution >= 0.6 is 0 Å². The Kier molecular flexibility index (Phi) is 3.72. The fourth-order valence-electron chi connectivity index (χ4n) is 2.82. The molecule has 0 amide bonds. The van der Waals surface area contributed by atoms with E-state index in [1.54, 1.807) is 7.11 Å². The molecule has 0 saturated carbocycles. The molecule has 1 aromatic carbocycles. The van der Waals surface area contributed by atoms with Gasteiger partial charge in [-0.3, -0.25) is 0 Å². The average molecular weight is 234 g/mol. The molecule has 2 unspecified atom stereocenters. The summed E-state index contributed by atoms with van der Waals surface area (Å²) in [6.45, 7) is 4.48. The fourth-order valence-corrected chi connectivity index (χ4v) is 2.82. The highest BCUT2D eigenvalue weighted by Gasteiger charge is 2.26. The minimum absolute atomic E-state index is 0.338. The SMILES string of the molecule is COc1cccc2c1CCC(C(C)C)CC2O. The Morgan fingerprint density at radius 3 is 2.76 bits per heavy atom. The van der Waals surface area contributed by atoms with E-state index in [2.05, 4.69) is 13.8 Å². The third-order valence-electron chi connectivity index (χ3n) is 3.98. The van der Waals surface area contributed by atoms with Crippen molar-refractivity contribution in [3.63, 3.8) is 0 Å². The summed E-state index contributed by atoms with van der Waals surface area (Å²) in [4.78, 5) is 0. The quantitative estimate of drug-likeness (QED) is 0.795. The Labute approximate surface area is 104 Å². The molecule has 0 fully saturated rings. The van der Waals surface area contributed by atoms with Gasteiger partial charge in [0.15, 0.2) is 0 Å². The number of rotatable bonds is 2. The monoisotopic (exact) mass is 234 g/mol. The molecular weight excluding hydrogens is 212 g/mol. The third-order valence-corrected chi connectivity index (χ3v) is 3.98. The first-order valence-corrected chi connectivity index (χ1v) is 6.47. The number of methoxy groups -OCH3 is 1. The molecule has 0 spiro atoms. The maximum absolute atomic E-state index is 10.3. The van der Waals surface area contributed by atoms with Crippen LogP contribution in [0, 0.1) is 11.8 Å². The molecule has 0 radical (unpaired) electrons. The number of hydrogen-bond acceptors (Lipinski definition) is 2. The first kappa shape index (κ1) is 12.4. The molecule has 0 heterocycles. The van der Waals surface area contributed by atoms with Gasteiger partial charge in [0.2, 0.25) is 0 Å². The van der Waals surface area contributed by atoms with Gasteiger partial charge in [0, 0.05) is 0 Å². The lowest BCUT2D eigenvalue weighted by Gasteiger charge is -2.20. The van der Waals surface area contributed by atoms with Gasteiger partial charge in [0.1, 0.15) is 5.75 Å². The van der Waals surface area contributed by atoms with Crippen LogP contribution in [0.1, 0.15) is 43.9 Å². The Hall–Kier alpha value is -1.02. The standard InChI is InChI=1S/C15H22O2/c1-10(2)11-7-8-13-12(14(16)9-11)5-4-6-15(13)17-3/h4-6,10-11,14,16H,7-9H2,1-3H3. The lowest BCUT2D eigenvalue weighted by atomic mass is 9.88. The zero-order valence-electron chi connectivity index (χ0n) is 10.9. The van der Waals surface area contributed by atoms with Crippen LogP contribution in [0.4, 0.5) is 0 Å². The van der Waals surface area contributed by atoms with Crippen molar-refractivity contribution in [1.82, 2.24) is 0 Å². The summed E-state index contributed by atoms with van der Waals surface area (Å²) in [5.74, 6) is 2.15. The van der Waals surface area contributed by atoms with Crippen LogP contribution < -0.4 is 4.74 Å². The zero-order valence-corrected chi connectivity index (χ0v) is 10.9. The van der Waals surface area contributed by atoms with Crippen molar-refractivity contribution in [3.8, 4) is 5.75 Å². The Bertz CT molecular complexity index is 385. The highest BCUT2D eigenvalue weighted by molar-refractivity contribution is 5.42. The highest BCUT2D eigenvalue weighted by Crippen LogP contribution is 2.38. The lowest BCUT2D eigenvalue weighted by Crippen LogP contribution is -2.11. The van der Waals surface area contributed by atoms with Crippen LogP contribution in [0.3, 0.4) is 0 Å². The molecule has 0 saturated heterocycles. The topological polar surface area (TPSA) is 29.5 Å². The molecule has 17 heavy (non-hydrogen) atoms. The second-order valence-electron chi connectivity index (χ2n) is 5.32. The van der Waals surface area contributed by atoms with E-state index in [-0.39, 0.29) is 6.10 Å². The van der Waals surface area contributed by atoms with Crippen LogP contribution in [-0.4, -0.2) is 12.2 Å². The second kappa shape index (κ2) is 5.09. The highest BCUT2D eigenvalue weighted by atomic mass is 16.5. The van der Waals surface area contributed by atoms with Crippen molar-refractivity contribution in [2.45, 2.75) is 39.2 Å². The number of hydrogen-bond donors (Lipinski definition) is 1. The van der Waals surface area contributed by atoms with E-state index >= 15 is 0 Å². The summed E-state index contributed by atoms with van der Waals surface area (Å²) in [6.07, 6.45) is 2.69. The molecular formula is C15H22O2. The summed E-state index contributed by atoms with van der Waals surface area (Å²) in [5, 5.41) is 10.3. The first-order valence-electron chi connectivity index (χ1n) is 6.47. The zero-order chi connectivity index (χ0) is 12.4. The smallest absolute Gasteiger partial charge is 0.122 e. The molecule has 94 valence electrons. The second-order valence-corrected chi connectivity index (χ2v) is 5.32. The van der Waals surface area contributed by atoms with Gasteiger partial charge in [-0.1, -0.05) is 26.0 Å². The van der Waals surface area contributed by atoms with Crippen LogP contribution in [0.25, 0.3) is 0 Å². The number of benzene rings is 1.